The molecule has 1 aliphatic heterocycles. The zero-order valence-corrected chi connectivity index (χ0v) is 28.7. The number of carbonyl (C=O) groups excluding carboxylic acids is 2. The van der Waals surface area contributed by atoms with Crippen LogP contribution < -0.4 is 10.1 Å². The Hall–Kier alpha value is -4.22. The molecule has 9 nitrogen and oxygen atoms in total. The molecule has 1 atom stereocenters. The number of thioether (sulfide) groups is 2. The molecule has 1 saturated heterocycles. The van der Waals surface area contributed by atoms with Crippen LogP contribution in [-0.4, -0.2) is 62.0 Å². The van der Waals surface area contributed by atoms with Crippen LogP contribution in [0.15, 0.2) is 66.7 Å². The molecule has 48 heavy (non-hydrogen) atoms. The van der Waals surface area contributed by atoms with E-state index < -0.39 is 16.5 Å². The number of ether oxygens (including phenoxy) is 1. The number of likely N-dealkylation sites (tertiary alicyclic amines) is 1. The number of benzene rings is 5. The fourth-order valence-corrected chi connectivity index (χ4v) is 9.57. The Balaban J connectivity index is 1.07. The number of hydrogen-bond donors (Lipinski definition) is 2. The van der Waals surface area contributed by atoms with Gasteiger partial charge in [0.15, 0.2) is 11.5 Å². The first-order valence-electron chi connectivity index (χ1n) is 16.5. The van der Waals surface area contributed by atoms with Crippen molar-refractivity contribution >= 4 is 79.0 Å². The van der Waals surface area contributed by atoms with Gasteiger partial charge in [-0.1, -0.05) is 62.4 Å². The van der Waals surface area contributed by atoms with Crippen LogP contribution in [0.1, 0.15) is 56.3 Å². The molecule has 0 spiro atoms. The summed E-state index contributed by atoms with van der Waals surface area (Å²) in [6.45, 7) is 4.83. The molecule has 2 amide bonds. The second-order valence-corrected chi connectivity index (χ2v) is 15.0. The number of aromatic hydroxyl groups is 1. The van der Waals surface area contributed by atoms with E-state index in [2.05, 4.69) is 55.6 Å². The van der Waals surface area contributed by atoms with E-state index in [0.29, 0.717) is 19.4 Å². The molecule has 0 unspecified atom stereocenters. The third-order valence-electron chi connectivity index (χ3n) is 8.90. The molecule has 1 heterocycles. The molecule has 0 bridgehead atoms. The van der Waals surface area contributed by atoms with Gasteiger partial charge in [0.2, 0.25) is 5.91 Å². The first-order chi connectivity index (χ1) is 23.3. The number of hydrogen-bond acceptors (Lipinski definition) is 8. The largest absolute Gasteiger partial charge is 0.504 e. The maximum absolute atomic E-state index is 13.6. The van der Waals surface area contributed by atoms with E-state index in [1.807, 2.05) is 18.2 Å². The Morgan fingerprint density at radius 2 is 1.69 bits per heavy atom. The summed E-state index contributed by atoms with van der Waals surface area (Å²) in [7, 11) is 0. The number of nitro benzene ring substituents is 1. The van der Waals surface area contributed by atoms with E-state index in [1.165, 1.54) is 5.39 Å². The van der Waals surface area contributed by atoms with Crippen LogP contribution in [0.5, 0.6) is 11.5 Å². The number of carbonyl (C=O) groups is 2. The van der Waals surface area contributed by atoms with Gasteiger partial charge in [-0.05, 0) is 70.2 Å². The molecule has 0 radical (unpaired) electrons. The summed E-state index contributed by atoms with van der Waals surface area (Å²) in [5.74, 6) is 0.873. The number of nitrogens with one attached hydrogen (secondary N) is 1. The quantitative estimate of drug-likeness (QED) is 0.0391. The Morgan fingerprint density at radius 3 is 2.40 bits per heavy atom. The number of anilines is 1. The lowest BCUT2D eigenvalue weighted by atomic mass is 9.93. The lowest BCUT2D eigenvalue weighted by Crippen LogP contribution is -2.41. The molecule has 1 fully saturated rings. The van der Waals surface area contributed by atoms with Gasteiger partial charge in [-0.15, -0.1) is 23.5 Å². The molecule has 5 aromatic carbocycles. The second-order valence-electron chi connectivity index (χ2n) is 11.9. The van der Waals surface area contributed by atoms with Crippen molar-refractivity contribution in [3.05, 3.63) is 82.4 Å². The Labute approximate surface area is 287 Å². The summed E-state index contributed by atoms with van der Waals surface area (Å²) < 4.78 is 5.90. The average molecular weight is 686 g/mol. The van der Waals surface area contributed by atoms with E-state index in [1.54, 1.807) is 28.4 Å². The zero-order chi connectivity index (χ0) is 33.8. The van der Waals surface area contributed by atoms with Gasteiger partial charge in [0.25, 0.3) is 11.6 Å². The van der Waals surface area contributed by atoms with Crippen molar-refractivity contribution in [2.75, 3.05) is 30.0 Å². The number of phenolic OH excluding ortho intramolecular Hbond substituents is 1. The van der Waals surface area contributed by atoms with Crippen LogP contribution in [-0.2, 0) is 4.79 Å². The van der Waals surface area contributed by atoms with Gasteiger partial charge in [-0.2, -0.15) is 0 Å². The molecule has 0 aromatic heterocycles. The van der Waals surface area contributed by atoms with E-state index in [9.17, 15) is 24.8 Å². The number of phenols is 1. The molecular formula is C37H39N3O6S2. The minimum Gasteiger partial charge on any atom is -0.504 e. The van der Waals surface area contributed by atoms with Crippen molar-refractivity contribution in [2.24, 2.45) is 0 Å². The molecule has 0 aliphatic carbocycles. The SMILES string of the molecule is CCSC(SCC)[C@@H]1CCCN1C(=O)c1cc(O)c(OCCCCC(=O)Nc2ccc3ccc4cccc5ccc2c3c45)cc1[N+](=O)[O-]. The van der Waals surface area contributed by atoms with Gasteiger partial charge in [0.1, 0.15) is 5.56 Å². The van der Waals surface area contributed by atoms with Gasteiger partial charge in [0.05, 0.1) is 28.2 Å². The van der Waals surface area contributed by atoms with Crippen LogP contribution in [0.2, 0.25) is 0 Å². The summed E-state index contributed by atoms with van der Waals surface area (Å²) in [6, 6.07) is 20.8. The average Bonchev–Trinajstić information content (AvgIpc) is 3.57. The highest BCUT2D eigenvalue weighted by atomic mass is 32.2. The number of amides is 2. The summed E-state index contributed by atoms with van der Waals surface area (Å²) in [4.78, 5) is 39.7. The van der Waals surface area contributed by atoms with Crippen LogP contribution in [0.4, 0.5) is 11.4 Å². The normalized spacial score (nSPS) is 14.8. The lowest BCUT2D eigenvalue weighted by Gasteiger charge is -2.31. The molecule has 5 aromatic rings. The molecule has 6 rings (SSSR count). The van der Waals surface area contributed by atoms with Crippen molar-refractivity contribution in [3.8, 4) is 11.5 Å². The number of rotatable bonds is 14. The number of nitrogens with zero attached hydrogens (tertiary/aromatic N) is 2. The van der Waals surface area contributed by atoms with Crippen LogP contribution in [0.3, 0.4) is 0 Å². The van der Waals surface area contributed by atoms with Crippen molar-refractivity contribution in [1.29, 1.82) is 0 Å². The van der Waals surface area contributed by atoms with Gasteiger partial charge < -0.3 is 20.1 Å². The molecule has 250 valence electrons. The maximum atomic E-state index is 13.6. The molecule has 2 N–H and O–H groups in total. The highest BCUT2D eigenvalue weighted by Crippen LogP contribution is 2.40. The summed E-state index contributed by atoms with van der Waals surface area (Å²) in [5, 5.41) is 32.6. The molecule has 1 aliphatic rings. The predicted molar refractivity (Wildman–Crippen MR) is 197 cm³/mol. The topological polar surface area (TPSA) is 122 Å². The minimum atomic E-state index is -0.604. The smallest absolute Gasteiger partial charge is 0.286 e. The first-order valence-corrected chi connectivity index (χ1v) is 18.5. The lowest BCUT2D eigenvalue weighted by molar-refractivity contribution is -0.385. The van der Waals surface area contributed by atoms with Gasteiger partial charge in [-0.3, -0.25) is 19.7 Å². The molecular weight excluding hydrogens is 647 g/mol. The van der Waals surface area contributed by atoms with Crippen molar-refractivity contribution in [3.63, 3.8) is 0 Å². The third-order valence-corrected chi connectivity index (χ3v) is 11.7. The first kappa shape index (κ1) is 33.7. The molecule has 0 saturated carbocycles. The van der Waals surface area contributed by atoms with Crippen LogP contribution >= 0.6 is 23.5 Å². The maximum Gasteiger partial charge on any atom is 0.286 e. The van der Waals surface area contributed by atoms with Gasteiger partial charge in [-0.25, -0.2) is 0 Å². The summed E-state index contributed by atoms with van der Waals surface area (Å²) in [6.07, 6.45) is 2.93. The third kappa shape index (κ3) is 6.84. The van der Waals surface area contributed by atoms with Gasteiger partial charge in [0, 0.05) is 30.1 Å². The van der Waals surface area contributed by atoms with Crippen molar-refractivity contribution in [2.45, 2.75) is 56.6 Å². The minimum absolute atomic E-state index is 0.0314. The second kappa shape index (κ2) is 14.9. The zero-order valence-electron chi connectivity index (χ0n) is 27.1. The molecule has 11 heteroatoms. The van der Waals surface area contributed by atoms with E-state index in [0.717, 1.165) is 69.1 Å². The monoisotopic (exact) mass is 685 g/mol. The highest BCUT2D eigenvalue weighted by Gasteiger charge is 2.38. The van der Waals surface area contributed by atoms with Crippen LogP contribution in [0, 0.1) is 10.1 Å². The van der Waals surface area contributed by atoms with E-state index in [4.69, 9.17) is 4.74 Å². The van der Waals surface area contributed by atoms with Crippen molar-refractivity contribution < 1.29 is 24.4 Å². The Kier molecular flexibility index (Phi) is 10.5. The summed E-state index contributed by atoms with van der Waals surface area (Å²) >= 11 is 3.58. The number of nitro groups is 1. The van der Waals surface area contributed by atoms with Crippen molar-refractivity contribution in [1.82, 2.24) is 4.90 Å². The predicted octanol–water partition coefficient (Wildman–Crippen LogP) is 8.82. The highest BCUT2D eigenvalue weighted by molar-refractivity contribution is 8.17. The van der Waals surface area contributed by atoms with E-state index in [-0.39, 0.29) is 46.6 Å². The van der Waals surface area contributed by atoms with Crippen LogP contribution in [0.25, 0.3) is 32.3 Å². The fraction of sp³-hybridized carbons (Fsp3) is 0.351. The van der Waals surface area contributed by atoms with E-state index >= 15 is 0 Å². The Bertz CT molecular complexity index is 1950. The fourth-order valence-electron chi connectivity index (χ4n) is 6.70. The van der Waals surface area contributed by atoms with Gasteiger partial charge >= 0.3 is 0 Å². The summed E-state index contributed by atoms with van der Waals surface area (Å²) in [5.41, 5.74) is 0.230. The standard InChI is InChI=1S/C37H39N3O6S2/c1-3-47-37(48-4-2)29-11-8-19-39(29)36(43)27-21-31(41)32(22-30(27)40(44)45)46-20-6-5-12-33(42)38-28-18-16-25-14-13-23-9-7-10-24-15-17-26(28)35(25)34(23)24/h7,9-10,13-18,21-22,29,37,41H,3-6,8,11-12,19-20H2,1-2H3,(H,38,42)/t29-/m0/s1. The number of unbranched alkanes of at least 4 members (excludes halogenated alkanes) is 1. The Morgan fingerprint density at radius 1 is 1.00 bits per heavy atom.